The molecule has 1 atom stereocenters. The molecular formula is C15H13F3N2OS. The fraction of sp³-hybridized carbons (Fsp3) is 0.267. The lowest BCUT2D eigenvalue weighted by molar-refractivity contribution is -0.137. The fourth-order valence-corrected chi connectivity index (χ4v) is 2.72. The van der Waals surface area contributed by atoms with E-state index in [4.69, 9.17) is 5.26 Å². The molecule has 0 fully saturated rings. The van der Waals surface area contributed by atoms with Gasteiger partial charge in [-0.2, -0.15) is 29.8 Å². The number of benzene rings is 1. The smallest absolute Gasteiger partial charge is 0.384 e. The Morgan fingerprint density at radius 1 is 1.32 bits per heavy atom. The zero-order valence-corrected chi connectivity index (χ0v) is 12.4. The number of nitrogens with zero attached hydrogens (tertiary/aromatic N) is 1. The Balaban J connectivity index is 2.19. The fourth-order valence-electron chi connectivity index (χ4n) is 1.93. The molecule has 0 aliphatic heterocycles. The molecule has 22 heavy (non-hydrogen) atoms. The molecule has 0 spiro atoms. The lowest BCUT2D eigenvalue weighted by Gasteiger charge is -2.23. The lowest BCUT2D eigenvalue weighted by atomic mass is 9.99. The molecule has 0 saturated heterocycles. The van der Waals surface area contributed by atoms with Crippen LogP contribution in [0.15, 0.2) is 35.0 Å². The quantitative estimate of drug-likeness (QED) is 0.894. The second kappa shape index (κ2) is 5.99. The summed E-state index contributed by atoms with van der Waals surface area (Å²) in [6.45, 7) is 1.63. The number of anilines is 1. The van der Waals surface area contributed by atoms with E-state index in [0.717, 1.165) is 12.1 Å². The van der Waals surface area contributed by atoms with Crippen LogP contribution in [0.5, 0.6) is 0 Å². The van der Waals surface area contributed by atoms with Gasteiger partial charge in [-0.15, -0.1) is 0 Å². The first kappa shape index (κ1) is 16.3. The van der Waals surface area contributed by atoms with Gasteiger partial charge >= 0.3 is 6.18 Å². The van der Waals surface area contributed by atoms with Crippen molar-refractivity contribution in [2.75, 3.05) is 11.9 Å². The summed E-state index contributed by atoms with van der Waals surface area (Å²) in [6.07, 6.45) is -4.60. The maximum atomic E-state index is 12.9. The van der Waals surface area contributed by atoms with Gasteiger partial charge in [0.05, 0.1) is 17.2 Å². The third-order valence-corrected chi connectivity index (χ3v) is 3.91. The maximum Gasteiger partial charge on any atom is 0.417 e. The molecule has 1 unspecified atom stereocenters. The number of aliphatic hydroxyl groups is 1. The lowest BCUT2D eigenvalue weighted by Crippen LogP contribution is -2.30. The minimum absolute atomic E-state index is 0.0485. The Morgan fingerprint density at radius 2 is 2.05 bits per heavy atom. The number of hydrogen-bond acceptors (Lipinski definition) is 4. The Labute approximate surface area is 129 Å². The summed E-state index contributed by atoms with van der Waals surface area (Å²) in [4.78, 5) is 0. The van der Waals surface area contributed by atoms with Gasteiger partial charge in [0, 0.05) is 12.2 Å². The second-order valence-corrected chi connectivity index (χ2v) is 5.79. The molecule has 0 radical (unpaired) electrons. The molecule has 0 aliphatic carbocycles. The monoisotopic (exact) mass is 326 g/mol. The molecule has 1 aromatic heterocycles. The predicted octanol–water partition coefficient (Wildman–Crippen LogP) is 3.96. The van der Waals surface area contributed by atoms with Gasteiger partial charge in [-0.25, -0.2) is 0 Å². The molecule has 1 heterocycles. The van der Waals surface area contributed by atoms with E-state index >= 15 is 0 Å². The highest BCUT2D eigenvalue weighted by atomic mass is 32.1. The summed E-state index contributed by atoms with van der Waals surface area (Å²) in [6, 6.07) is 6.66. The minimum Gasteiger partial charge on any atom is -0.384 e. The number of hydrogen-bond donors (Lipinski definition) is 2. The first-order valence-electron chi connectivity index (χ1n) is 6.34. The standard InChI is InChI=1S/C15H13F3N2OS/c1-14(21,11-4-5-22-8-11)9-20-12-3-2-10(7-19)13(6-12)15(16,17)18/h2-6,8,20-21H,9H2,1H3. The zero-order valence-electron chi connectivity index (χ0n) is 11.6. The summed E-state index contributed by atoms with van der Waals surface area (Å²) < 4.78 is 38.7. The zero-order chi connectivity index (χ0) is 16.4. The molecule has 0 saturated carbocycles. The first-order chi connectivity index (χ1) is 10.2. The molecule has 2 aromatic rings. The van der Waals surface area contributed by atoms with Crippen LogP contribution in [-0.2, 0) is 11.8 Å². The Kier molecular flexibility index (Phi) is 4.44. The highest BCUT2D eigenvalue weighted by Crippen LogP contribution is 2.34. The molecule has 2 rings (SSSR count). The van der Waals surface area contributed by atoms with E-state index in [1.807, 2.05) is 5.38 Å². The summed E-state index contributed by atoms with van der Waals surface area (Å²) >= 11 is 1.43. The van der Waals surface area contributed by atoms with Gasteiger partial charge < -0.3 is 10.4 Å². The van der Waals surface area contributed by atoms with Crippen molar-refractivity contribution in [1.82, 2.24) is 0 Å². The van der Waals surface area contributed by atoms with E-state index in [1.54, 1.807) is 18.4 Å². The van der Waals surface area contributed by atoms with Crippen LogP contribution in [0.25, 0.3) is 0 Å². The van der Waals surface area contributed by atoms with Crippen molar-refractivity contribution >= 4 is 17.0 Å². The van der Waals surface area contributed by atoms with Crippen LogP contribution in [0.3, 0.4) is 0 Å². The number of nitriles is 1. The van der Waals surface area contributed by atoms with Gasteiger partial charge in [-0.3, -0.25) is 0 Å². The van der Waals surface area contributed by atoms with Crippen molar-refractivity contribution in [3.05, 3.63) is 51.7 Å². The van der Waals surface area contributed by atoms with Gasteiger partial charge in [0.1, 0.15) is 5.60 Å². The predicted molar refractivity (Wildman–Crippen MR) is 78.5 cm³/mol. The SMILES string of the molecule is CC(O)(CNc1ccc(C#N)c(C(F)(F)F)c1)c1ccsc1. The maximum absolute atomic E-state index is 12.9. The van der Waals surface area contributed by atoms with Gasteiger partial charge in [0.2, 0.25) is 0 Å². The van der Waals surface area contributed by atoms with Crippen LogP contribution < -0.4 is 5.32 Å². The van der Waals surface area contributed by atoms with Crippen LogP contribution in [0.1, 0.15) is 23.6 Å². The van der Waals surface area contributed by atoms with Gasteiger partial charge in [0.15, 0.2) is 0 Å². The molecule has 0 bridgehead atoms. The molecule has 7 heteroatoms. The number of thiophene rings is 1. The van der Waals surface area contributed by atoms with E-state index in [0.29, 0.717) is 5.56 Å². The molecule has 0 amide bonds. The van der Waals surface area contributed by atoms with Crippen molar-refractivity contribution in [3.63, 3.8) is 0 Å². The minimum atomic E-state index is -4.60. The van der Waals surface area contributed by atoms with Crippen molar-refractivity contribution in [1.29, 1.82) is 5.26 Å². The highest BCUT2D eigenvalue weighted by Gasteiger charge is 2.34. The van der Waals surface area contributed by atoms with E-state index in [9.17, 15) is 18.3 Å². The second-order valence-electron chi connectivity index (χ2n) is 5.01. The van der Waals surface area contributed by atoms with Gasteiger partial charge in [0.25, 0.3) is 0 Å². The average Bonchev–Trinajstić information content (AvgIpc) is 2.99. The van der Waals surface area contributed by atoms with Crippen molar-refractivity contribution in [2.24, 2.45) is 0 Å². The summed E-state index contributed by atoms with van der Waals surface area (Å²) in [5, 5.41) is 25.5. The molecule has 1 aromatic carbocycles. The van der Waals surface area contributed by atoms with Crippen LogP contribution in [-0.4, -0.2) is 11.7 Å². The number of halogens is 3. The Bertz CT molecular complexity index is 688. The summed E-state index contributed by atoms with van der Waals surface area (Å²) in [7, 11) is 0. The number of rotatable bonds is 4. The molecular weight excluding hydrogens is 313 g/mol. The molecule has 3 nitrogen and oxygen atoms in total. The normalized spacial score (nSPS) is 14.2. The van der Waals surface area contributed by atoms with Gasteiger partial charge in [-0.1, -0.05) is 0 Å². The first-order valence-corrected chi connectivity index (χ1v) is 7.28. The van der Waals surface area contributed by atoms with Crippen molar-refractivity contribution < 1.29 is 18.3 Å². The van der Waals surface area contributed by atoms with Gasteiger partial charge in [-0.05, 0) is 47.5 Å². The van der Waals surface area contributed by atoms with E-state index in [-0.39, 0.29) is 12.2 Å². The topological polar surface area (TPSA) is 56.0 Å². The Hall–Kier alpha value is -2.04. The van der Waals surface area contributed by atoms with E-state index in [1.165, 1.54) is 23.5 Å². The van der Waals surface area contributed by atoms with Crippen LogP contribution in [0.2, 0.25) is 0 Å². The average molecular weight is 326 g/mol. The molecule has 116 valence electrons. The third-order valence-electron chi connectivity index (χ3n) is 3.23. The summed E-state index contributed by atoms with van der Waals surface area (Å²) in [5.41, 5.74) is -1.74. The van der Waals surface area contributed by atoms with Crippen LogP contribution in [0.4, 0.5) is 18.9 Å². The van der Waals surface area contributed by atoms with E-state index < -0.39 is 22.9 Å². The molecule has 2 N–H and O–H groups in total. The highest BCUT2D eigenvalue weighted by molar-refractivity contribution is 7.08. The third kappa shape index (κ3) is 3.59. The van der Waals surface area contributed by atoms with E-state index in [2.05, 4.69) is 5.32 Å². The Morgan fingerprint density at radius 3 is 2.59 bits per heavy atom. The molecule has 0 aliphatic rings. The van der Waals surface area contributed by atoms with Crippen molar-refractivity contribution in [3.8, 4) is 6.07 Å². The summed E-state index contributed by atoms with van der Waals surface area (Å²) in [5.74, 6) is 0. The van der Waals surface area contributed by atoms with Crippen molar-refractivity contribution in [2.45, 2.75) is 18.7 Å². The van der Waals surface area contributed by atoms with Crippen LogP contribution >= 0.6 is 11.3 Å². The number of nitrogens with one attached hydrogen (secondary N) is 1. The number of alkyl halides is 3. The van der Waals surface area contributed by atoms with Crippen LogP contribution in [0, 0.1) is 11.3 Å². The largest absolute Gasteiger partial charge is 0.417 e.